The summed E-state index contributed by atoms with van der Waals surface area (Å²) >= 11 is 0. The van der Waals surface area contributed by atoms with Gasteiger partial charge in [0.15, 0.2) is 0 Å². The standard InChI is InChI=1S/C15H16N2O2/c18-15(19)12-6-7-17-10-16-13(14(17)9-12)8-11-4-2-1-3-5-11/h1-5,10,12H,6-9H2,(H,18,19). The number of carboxylic acid groups (broad SMARTS) is 1. The molecule has 1 aromatic carbocycles. The second kappa shape index (κ2) is 4.88. The number of aryl methyl sites for hydroxylation is 1. The molecule has 2 heterocycles. The third kappa shape index (κ3) is 2.38. The number of fused-ring (bicyclic) bond motifs is 1. The van der Waals surface area contributed by atoms with E-state index < -0.39 is 5.97 Å². The van der Waals surface area contributed by atoms with Crippen LogP contribution >= 0.6 is 0 Å². The van der Waals surface area contributed by atoms with Crippen molar-refractivity contribution >= 4 is 5.97 Å². The minimum atomic E-state index is -0.696. The van der Waals surface area contributed by atoms with E-state index in [1.54, 1.807) is 0 Å². The largest absolute Gasteiger partial charge is 0.481 e. The molecule has 0 fully saturated rings. The molecule has 1 atom stereocenters. The van der Waals surface area contributed by atoms with Gasteiger partial charge in [0.05, 0.1) is 17.9 Å². The van der Waals surface area contributed by atoms with Crippen molar-refractivity contribution < 1.29 is 9.90 Å². The molecule has 4 nitrogen and oxygen atoms in total. The summed E-state index contributed by atoms with van der Waals surface area (Å²) in [5, 5.41) is 9.15. The monoisotopic (exact) mass is 256 g/mol. The molecular formula is C15H16N2O2. The fraction of sp³-hybridized carbons (Fsp3) is 0.333. The van der Waals surface area contributed by atoms with Gasteiger partial charge in [-0.15, -0.1) is 0 Å². The van der Waals surface area contributed by atoms with Gasteiger partial charge in [-0.3, -0.25) is 4.79 Å². The number of aliphatic carboxylic acids is 1. The minimum absolute atomic E-state index is 0.265. The molecule has 2 aromatic rings. The zero-order valence-corrected chi connectivity index (χ0v) is 10.6. The van der Waals surface area contributed by atoms with Gasteiger partial charge >= 0.3 is 5.97 Å². The molecule has 1 unspecified atom stereocenters. The normalized spacial score (nSPS) is 18.0. The van der Waals surface area contributed by atoms with E-state index >= 15 is 0 Å². The number of aromatic nitrogens is 2. The van der Waals surface area contributed by atoms with E-state index in [0.29, 0.717) is 12.8 Å². The van der Waals surface area contributed by atoms with Gasteiger partial charge in [0.2, 0.25) is 0 Å². The van der Waals surface area contributed by atoms with Crippen molar-refractivity contribution in [2.45, 2.75) is 25.8 Å². The highest BCUT2D eigenvalue weighted by Gasteiger charge is 2.26. The van der Waals surface area contributed by atoms with E-state index in [2.05, 4.69) is 21.7 Å². The lowest BCUT2D eigenvalue weighted by atomic mass is 9.94. The first-order valence-corrected chi connectivity index (χ1v) is 6.53. The van der Waals surface area contributed by atoms with E-state index in [-0.39, 0.29) is 5.92 Å². The molecule has 1 N–H and O–H groups in total. The van der Waals surface area contributed by atoms with Gasteiger partial charge in [0, 0.05) is 25.1 Å². The zero-order valence-electron chi connectivity index (χ0n) is 10.6. The molecule has 0 saturated heterocycles. The first kappa shape index (κ1) is 12.0. The first-order chi connectivity index (χ1) is 9.24. The van der Waals surface area contributed by atoms with E-state index in [1.165, 1.54) is 5.56 Å². The summed E-state index contributed by atoms with van der Waals surface area (Å²) in [7, 11) is 0. The number of imidazole rings is 1. The first-order valence-electron chi connectivity index (χ1n) is 6.53. The zero-order chi connectivity index (χ0) is 13.2. The third-order valence-electron chi connectivity index (χ3n) is 3.75. The molecule has 3 rings (SSSR count). The number of carboxylic acids is 1. The van der Waals surface area contributed by atoms with Crippen LogP contribution in [0.2, 0.25) is 0 Å². The van der Waals surface area contributed by atoms with Gasteiger partial charge < -0.3 is 9.67 Å². The summed E-state index contributed by atoms with van der Waals surface area (Å²) in [6.07, 6.45) is 3.90. The summed E-state index contributed by atoms with van der Waals surface area (Å²) in [4.78, 5) is 15.6. The topological polar surface area (TPSA) is 55.1 Å². The van der Waals surface area contributed by atoms with Gasteiger partial charge in [0.25, 0.3) is 0 Å². The predicted octanol–water partition coefficient (Wildman–Crippen LogP) is 2.12. The molecule has 0 saturated carbocycles. The van der Waals surface area contributed by atoms with Crippen LogP contribution in [0.4, 0.5) is 0 Å². The van der Waals surface area contributed by atoms with Crippen molar-refractivity contribution in [2.24, 2.45) is 5.92 Å². The molecule has 0 spiro atoms. The Hall–Kier alpha value is -2.10. The third-order valence-corrected chi connectivity index (χ3v) is 3.75. The lowest BCUT2D eigenvalue weighted by Gasteiger charge is -2.21. The van der Waals surface area contributed by atoms with Crippen LogP contribution in [-0.2, 0) is 24.2 Å². The van der Waals surface area contributed by atoms with Crippen LogP contribution in [0.5, 0.6) is 0 Å². The number of nitrogens with zero attached hydrogens (tertiary/aromatic N) is 2. The fourth-order valence-electron chi connectivity index (χ4n) is 2.66. The van der Waals surface area contributed by atoms with Crippen LogP contribution in [0.25, 0.3) is 0 Å². The van der Waals surface area contributed by atoms with Gasteiger partial charge in [-0.05, 0) is 12.0 Å². The Morgan fingerprint density at radius 3 is 2.89 bits per heavy atom. The quantitative estimate of drug-likeness (QED) is 0.915. The van der Waals surface area contributed by atoms with Crippen LogP contribution in [0.15, 0.2) is 36.7 Å². The van der Waals surface area contributed by atoms with E-state index in [1.807, 2.05) is 24.5 Å². The van der Waals surface area contributed by atoms with Crippen LogP contribution in [0.3, 0.4) is 0 Å². The van der Waals surface area contributed by atoms with E-state index in [9.17, 15) is 4.79 Å². The van der Waals surface area contributed by atoms with Gasteiger partial charge in [-0.1, -0.05) is 30.3 Å². The molecule has 0 amide bonds. The Balaban J connectivity index is 1.85. The van der Waals surface area contributed by atoms with E-state index in [0.717, 1.165) is 24.4 Å². The lowest BCUT2D eigenvalue weighted by molar-refractivity contribution is -0.142. The van der Waals surface area contributed by atoms with Gasteiger partial charge in [-0.25, -0.2) is 4.98 Å². The van der Waals surface area contributed by atoms with Crippen LogP contribution in [0.1, 0.15) is 23.4 Å². The minimum Gasteiger partial charge on any atom is -0.481 e. The highest BCUT2D eigenvalue weighted by molar-refractivity contribution is 5.70. The SMILES string of the molecule is O=C(O)C1CCn2cnc(Cc3ccccc3)c2C1. The van der Waals surface area contributed by atoms with Gasteiger partial charge in [-0.2, -0.15) is 0 Å². The molecule has 0 radical (unpaired) electrons. The average molecular weight is 256 g/mol. The van der Waals surface area contributed by atoms with Crippen molar-refractivity contribution in [1.29, 1.82) is 0 Å². The average Bonchev–Trinajstić information content (AvgIpc) is 2.82. The van der Waals surface area contributed by atoms with Crippen LogP contribution < -0.4 is 0 Å². The van der Waals surface area contributed by atoms with Crippen LogP contribution in [-0.4, -0.2) is 20.6 Å². The molecule has 1 aromatic heterocycles. The van der Waals surface area contributed by atoms with Crippen molar-refractivity contribution in [3.63, 3.8) is 0 Å². The molecule has 4 heteroatoms. The Kier molecular flexibility index (Phi) is 3.07. The smallest absolute Gasteiger partial charge is 0.306 e. The maximum Gasteiger partial charge on any atom is 0.306 e. The van der Waals surface area contributed by atoms with Crippen molar-refractivity contribution in [2.75, 3.05) is 0 Å². The van der Waals surface area contributed by atoms with Gasteiger partial charge in [0.1, 0.15) is 0 Å². The molecule has 19 heavy (non-hydrogen) atoms. The second-order valence-electron chi connectivity index (χ2n) is 5.02. The molecular weight excluding hydrogens is 240 g/mol. The summed E-state index contributed by atoms with van der Waals surface area (Å²) in [6.45, 7) is 0.758. The van der Waals surface area contributed by atoms with Crippen LogP contribution in [0, 0.1) is 5.92 Å². The molecule has 0 bridgehead atoms. The number of rotatable bonds is 3. The predicted molar refractivity (Wildman–Crippen MR) is 70.9 cm³/mol. The highest BCUT2D eigenvalue weighted by Crippen LogP contribution is 2.24. The summed E-state index contributed by atoms with van der Waals surface area (Å²) in [5.74, 6) is -0.961. The summed E-state index contributed by atoms with van der Waals surface area (Å²) in [5.41, 5.74) is 3.31. The molecule has 98 valence electrons. The summed E-state index contributed by atoms with van der Waals surface area (Å²) < 4.78 is 2.09. The van der Waals surface area contributed by atoms with Crippen molar-refractivity contribution in [1.82, 2.24) is 9.55 Å². The van der Waals surface area contributed by atoms with Crippen molar-refractivity contribution in [3.8, 4) is 0 Å². The lowest BCUT2D eigenvalue weighted by Crippen LogP contribution is -2.25. The molecule has 1 aliphatic heterocycles. The maximum absolute atomic E-state index is 11.1. The molecule has 0 aliphatic carbocycles. The Bertz CT molecular complexity index is 589. The Morgan fingerprint density at radius 2 is 2.16 bits per heavy atom. The Labute approximate surface area is 111 Å². The van der Waals surface area contributed by atoms with E-state index in [4.69, 9.17) is 5.11 Å². The number of carbonyl (C=O) groups is 1. The maximum atomic E-state index is 11.1. The number of hydrogen-bond donors (Lipinski definition) is 1. The number of benzene rings is 1. The highest BCUT2D eigenvalue weighted by atomic mass is 16.4. The number of hydrogen-bond acceptors (Lipinski definition) is 2. The molecule has 1 aliphatic rings. The second-order valence-corrected chi connectivity index (χ2v) is 5.02. The fourth-order valence-corrected chi connectivity index (χ4v) is 2.66. The van der Waals surface area contributed by atoms with Crippen molar-refractivity contribution in [3.05, 3.63) is 53.6 Å². The summed E-state index contributed by atoms with van der Waals surface area (Å²) in [6, 6.07) is 10.2. The Morgan fingerprint density at radius 1 is 1.37 bits per heavy atom.